The molecule has 0 aromatic carbocycles. The van der Waals surface area contributed by atoms with Crippen molar-refractivity contribution in [3.05, 3.63) is 0 Å². The summed E-state index contributed by atoms with van der Waals surface area (Å²) < 4.78 is 19.5. The molecule has 0 spiro atoms. The molecule has 0 aromatic heterocycles. The van der Waals surface area contributed by atoms with Gasteiger partial charge in [0.1, 0.15) is 0 Å². The van der Waals surface area contributed by atoms with Crippen molar-refractivity contribution in [2.75, 3.05) is 25.5 Å². The third-order valence-electron chi connectivity index (χ3n) is 2.39. The van der Waals surface area contributed by atoms with Gasteiger partial charge < -0.3 is 19.5 Å². The Kier molecular flexibility index (Phi) is 9.92. The van der Waals surface area contributed by atoms with E-state index in [0.29, 0.717) is 25.3 Å². The zero-order valence-corrected chi connectivity index (χ0v) is 13.7. The van der Waals surface area contributed by atoms with E-state index < -0.39 is 19.8 Å². The molecule has 118 valence electrons. The molecule has 0 heterocycles. The molecule has 0 aliphatic heterocycles. The van der Waals surface area contributed by atoms with E-state index in [2.05, 4.69) is 9.84 Å². The Balaban J connectivity index is 3.93. The van der Waals surface area contributed by atoms with Gasteiger partial charge in [-0.25, -0.2) is 4.79 Å². The van der Waals surface area contributed by atoms with Crippen LogP contribution in [-0.4, -0.2) is 41.6 Å². The number of thioether (sulfide) groups is 1. The molecule has 0 saturated carbocycles. The molecular formula is C11H22NO6PS. The number of ether oxygens (including phenoxy) is 1. The topological polar surface area (TPSA) is 102 Å². The van der Waals surface area contributed by atoms with E-state index in [-0.39, 0.29) is 11.7 Å². The van der Waals surface area contributed by atoms with Crippen LogP contribution in [0.5, 0.6) is 0 Å². The van der Waals surface area contributed by atoms with Crippen LogP contribution in [0.4, 0.5) is 4.79 Å². The predicted molar refractivity (Wildman–Crippen MR) is 78.1 cm³/mol. The lowest BCUT2D eigenvalue weighted by Gasteiger charge is -2.22. The maximum absolute atomic E-state index is 11.9. The largest absolute Gasteiger partial charge is 0.450 e. The lowest BCUT2D eigenvalue weighted by atomic mass is 9.91. The van der Waals surface area contributed by atoms with Gasteiger partial charge in [0, 0.05) is 17.7 Å². The van der Waals surface area contributed by atoms with Crippen LogP contribution in [0.25, 0.3) is 0 Å². The molecule has 0 radical (unpaired) electrons. The smallest absolute Gasteiger partial charge is 0.407 e. The van der Waals surface area contributed by atoms with Gasteiger partial charge in [-0.3, -0.25) is 9.36 Å². The molecule has 1 atom stereocenters. The van der Waals surface area contributed by atoms with E-state index in [0.717, 1.165) is 11.8 Å². The Morgan fingerprint density at radius 2 is 2.05 bits per heavy atom. The van der Waals surface area contributed by atoms with Gasteiger partial charge in [0.15, 0.2) is 5.12 Å². The average Bonchev–Trinajstić information content (AvgIpc) is 2.34. The second-order valence-electron chi connectivity index (χ2n) is 4.53. The Morgan fingerprint density at radius 1 is 1.40 bits per heavy atom. The van der Waals surface area contributed by atoms with Crippen molar-refractivity contribution in [1.29, 1.82) is 0 Å². The summed E-state index contributed by atoms with van der Waals surface area (Å²) >= 11 is 1.05. The molecule has 9 heteroatoms. The Morgan fingerprint density at radius 3 is 2.60 bits per heavy atom. The molecule has 0 saturated heterocycles. The zero-order chi connectivity index (χ0) is 15.6. The van der Waals surface area contributed by atoms with Gasteiger partial charge in [-0.15, -0.1) is 0 Å². The van der Waals surface area contributed by atoms with Crippen LogP contribution >= 0.6 is 20.0 Å². The summed E-state index contributed by atoms with van der Waals surface area (Å²) in [5.74, 6) is 0.324. The normalized spacial score (nSPS) is 12.8. The predicted octanol–water partition coefficient (Wildman–Crippen LogP) is 1.81. The Bertz CT molecular complexity index is 350. The summed E-state index contributed by atoms with van der Waals surface area (Å²) in [4.78, 5) is 31.5. The third kappa shape index (κ3) is 9.36. The maximum Gasteiger partial charge on any atom is 0.407 e. The number of nitrogens with one attached hydrogen (secondary N) is 1. The molecule has 20 heavy (non-hydrogen) atoms. The number of hydrogen-bond donors (Lipinski definition) is 2. The van der Waals surface area contributed by atoms with E-state index in [1.54, 1.807) is 20.8 Å². The first-order valence-corrected chi connectivity index (χ1v) is 8.48. The fraction of sp³-hybridized carbons (Fsp3) is 0.818. The molecule has 0 aliphatic carbocycles. The standard InChI is InChI=1S/C11H22NO6PS/c1-4-17-10(14)12-6-5-11(2,3)9(13)20-8-7-18-19(15)16/h19H,4-8H2,1-3H3,(H,12,14)(H,15,16). The van der Waals surface area contributed by atoms with Gasteiger partial charge in [0.05, 0.1) is 13.2 Å². The highest BCUT2D eigenvalue weighted by molar-refractivity contribution is 8.13. The summed E-state index contributed by atoms with van der Waals surface area (Å²) in [7, 11) is -2.93. The fourth-order valence-electron chi connectivity index (χ4n) is 1.22. The fourth-order valence-corrected chi connectivity index (χ4v) is 2.49. The van der Waals surface area contributed by atoms with Crippen LogP contribution in [-0.2, 0) is 18.6 Å². The van der Waals surface area contributed by atoms with Crippen molar-refractivity contribution < 1.29 is 28.3 Å². The van der Waals surface area contributed by atoms with Crippen LogP contribution in [0.15, 0.2) is 0 Å². The van der Waals surface area contributed by atoms with Crippen LogP contribution in [0, 0.1) is 5.41 Å². The summed E-state index contributed by atoms with van der Waals surface area (Å²) in [5, 5.41) is 2.51. The monoisotopic (exact) mass is 327 g/mol. The van der Waals surface area contributed by atoms with Crippen LogP contribution in [0.2, 0.25) is 0 Å². The quantitative estimate of drug-likeness (QED) is 0.492. The van der Waals surface area contributed by atoms with Gasteiger partial charge in [-0.2, -0.15) is 0 Å². The molecule has 0 aliphatic rings. The number of rotatable bonds is 9. The molecular weight excluding hydrogens is 305 g/mol. The highest BCUT2D eigenvalue weighted by Crippen LogP contribution is 2.27. The average molecular weight is 327 g/mol. The maximum atomic E-state index is 11.9. The van der Waals surface area contributed by atoms with E-state index in [4.69, 9.17) is 9.63 Å². The first-order valence-electron chi connectivity index (χ1n) is 6.23. The van der Waals surface area contributed by atoms with E-state index in [1.807, 2.05) is 0 Å². The second kappa shape index (κ2) is 10.2. The third-order valence-corrected chi connectivity index (χ3v) is 4.03. The molecule has 0 aromatic rings. The summed E-state index contributed by atoms with van der Waals surface area (Å²) in [5.41, 5.74) is -0.603. The molecule has 1 unspecified atom stereocenters. The molecule has 0 fully saturated rings. The van der Waals surface area contributed by atoms with Crippen LogP contribution in [0.3, 0.4) is 0 Å². The van der Waals surface area contributed by atoms with Crippen molar-refractivity contribution in [2.24, 2.45) is 5.41 Å². The summed E-state index contributed by atoms with van der Waals surface area (Å²) in [6, 6.07) is 0. The minimum Gasteiger partial charge on any atom is -0.450 e. The molecule has 1 amide bonds. The first-order chi connectivity index (χ1) is 9.29. The molecule has 0 bridgehead atoms. The van der Waals surface area contributed by atoms with Crippen molar-refractivity contribution in [2.45, 2.75) is 27.2 Å². The van der Waals surface area contributed by atoms with Gasteiger partial charge in [0.2, 0.25) is 0 Å². The Labute approximate surface area is 123 Å². The number of hydrogen-bond acceptors (Lipinski definition) is 6. The van der Waals surface area contributed by atoms with Crippen molar-refractivity contribution >= 4 is 31.2 Å². The number of carbonyl (C=O) groups is 2. The lowest BCUT2D eigenvalue weighted by Crippen LogP contribution is -2.31. The lowest BCUT2D eigenvalue weighted by molar-refractivity contribution is -0.118. The van der Waals surface area contributed by atoms with Gasteiger partial charge in [-0.05, 0) is 13.3 Å². The molecule has 7 nitrogen and oxygen atoms in total. The van der Waals surface area contributed by atoms with Crippen molar-refractivity contribution in [3.63, 3.8) is 0 Å². The van der Waals surface area contributed by atoms with Crippen LogP contribution < -0.4 is 5.32 Å². The summed E-state index contributed by atoms with van der Waals surface area (Å²) in [6.45, 7) is 5.99. The number of amides is 1. The minimum absolute atomic E-state index is 0.0515. The highest BCUT2D eigenvalue weighted by Gasteiger charge is 2.27. The first kappa shape index (κ1) is 19.4. The number of alkyl carbamates (subject to hydrolysis) is 1. The zero-order valence-electron chi connectivity index (χ0n) is 11.9. The van der Waals surface area contributed by atoms with E-state index in [1.165, 1.54) is 0 Å². The van der Waals surface area contributed by atoms with Crippen molar-refractivity contribution in [1.82, 2.24) is 5.32 Å². The SMILES string of the molecule is CCOC(=O)NCCC(C)(C)C(=O)SCCO[PH](=O)O. The minimum atomic E-state index is -2.93. The van der Waals surface area contributed by atoms with Gasteiger partial charge in [0.25, 0.3) is 0 Å². The van der Waals surface area contributed by atoms with Crippen molar-refractivity contribution in [3.8, 4) is 0 Å². The second-order valence-corrected chi connectivity index (χ2v) is 6.42. The van der Waals surface area contributed by atoms with E-state index in [9.17, 15) is 14.2 Å². The van der Waals surface area contributed by atoms with Gasteiger partial charge in [-0.1, -0.05) is 25.6 Å². The van der Waals surface area contributed by atoms with E-state index >= 15 is 0 Å². The van der Waals surface area contributed by atoms with Crippen LogP contribution in [0.1, 0.15) is 27.2 Å². The Hall–Kier alpha value is -0.560. The molecule has 2 N–H and O–H groups in total. The number of carbonyl (C=O) groups excluding carboxylic acids is 2. The van der Waals surface area contributed by atoms with Gasteiger partial charge >= 0.3 is 14.3 Å². The summed E-state index contributed by atoms with van der Waals surface area (Å²) in [6.07, 6.45) is -0.0142. The highest BCUT2D eigenvalue weighted by atomic mass is 32.2. The molecule has 0 rings (SSSR count).